The van der Waals surface area contributed by atoms with Gasteiger partial charge in [-0.05, 0) is 64.1 Å². The van der Waals surface area contributed by atoms with Crippen molar-refractivity contribution in [3.05, 3.63) is 28.5 Å². The summed E-state index contributed by atoms with van der Waals surface area (Å²) in [5, 5.41) is 0. The molecule has 0 radical (unpaired) electrons. The van der Waals surface area contributed by atoms with Gasteiger partial charge in [0.15, 0.2) is 0 Å². The Balaban J connectivity index is 2.22. The molecule has 0 spiro atoms. The molecule has 1 saturated carbocycles. The maximum Gasteiger partial charge on any atom is 0.0410 e. The van der Waals surface area contributed by atoms with Gasteiger partial charge in [0, 0.05) is 22.4 Å². The molecule has 0 unspecified atom stereocenters. The standard InChI is InChI=1S/C16H25BrN2/c1-14(2)9-15(3,4)11-16(18,10-14)6-12-5-13(17)8-19-7-12/h5,7-8H,6,9-11,18H2,1-4H3. The van der Waals surface area contributed by atoms with E-state index in [1.165, 1.54) is 12.0 Å². The maximum absolute atomic E-state index is 6.75. The first-order chi connectivity index (χ1) is 8.59. The van der Waals surface area contributed by atoms with Crippen LogP contribution in [0.5, 0.6) is 0 Å². The minimum atomic E-state index is -0.117. The summed E-state index contributed by atoms with van der Waals surface area (Å²) < 4.78 is 1.03. The molecule has 0 atom stereocenters. The topological polar surface area (TPSA) is 38.9 Å². The van der Waals surface area contributed by atoms with Crippen LogP contribution in [0.3, 0.4) is 0 Å². The van der Waals surface area contributed by atoms with E-state index in [2.05, 4.69) is 54.7 Å². The van der Waals surface area contributed by atoms with Crippen molar-refractivity contribution in [3.8, 4) is 0 Å². The predicted octanol–water partition coefficient (Wildman–Crippen LogP) is 4.32. The third-order valence-electron chi connectivity index (χ3n) is 3.94. The van der Waals surface area contributed by atoms with Crippen LogP contribution in [0.1, 0.15) is 52.5 Å². The third kappa shape index (κ3) is 4.03. The largest absolute Gasteiger partial charge is 0.325 e. The van der Waals surface area contributed by atoms with E-state index in [1.54, 1.807) is 0 Å². The van der Waals surface area contributed by atoms with Crippen LogP contribution < -0.4 is 5.73 Å². The summed E-state index contributed by atoms with van der Waals surface area (Å²) in [5.74, 6) is 0. The van der Waals surface area contributed by atoms with E-state index < -0.39 is 0 Å². The molecule has 0 aromatic carbocycles. The Bertz CT molecular complexity index is 450. The van der Waals surface area contributed by atoms with Gasteiger partial charge in [0.1, 0.15) is 0 Å². The Kier molecular flexibility index (Phi) is 3.83. The van der Waals surface area contributed by atoms with Crippen LogP contribution in [0.15, 0.2) is 22.9 Å². The Morgan fingerprint density at radius 3 is 2.21 bits per heavy atom. The van der Waals surface area contributed by atoms with Crippen molar-refractivity contribution in [2.75, 3.05) is 0 Å². The molecular weight excluding hydrogens is 300 g/mol. The van der Waals surface area contributed by atoms with Crippen molar-refractivity contribution in [3.63, 3.8) is 0 Å². The van der Waals surface area contributed by atoms with Crippen molar-refractivity contribution >= 4 is 15.9 Å². The predicted molar refractivity (Wildman–Crippen MR) is 84.0 cm³/mol. The number of aromatic nitrogens is 1. The van der Waals surface area contributed by atoms with E-state index in [9.17, 15) is 0 Å². The molecule has 2 rings (SSSR count). The van der Waals surface area contributed by atoms with Gasteiger partial charge < -0.3 is 5.73 Å². The van der Waals surface area contributed by atoms with Gasteiger partial charge >= 0.3 is 0 Å². The van der Waals surface area contributed by atoms with E-state index in [1.807, 2.05) is 12.4 Å². The van der Waals surface area contributed by atoms with E-state index in [-0.39, 0.29) is 5.54 Å². The maximum atomic E-state index is 6.75. The molecule has 0 bridgehead atoms. The van der Waals surface area contributed by atoms with Gasteiger partial charge in [0.05, 0.1) is 0 Å². The summed E-state index contributed by atoms with van der Waals surface area (Å²) in [7, 11) is 0. The summed E-state index contributed by atoms with van der Waals surface area (Å²) >= 11 is 3.49. The average molecular weight is 325 g/mol. The van der Waals surface area contributed by atoms with Gasteiger partial charge in [-0.25, -0.2) is 0 Å². The lowest BCUT2D eigenvalue weighted by Crippen LogP contribution is -2.53. The van der Waals surface area contributed by atoms with Crippen molar-refractivity contribution in [2.45, 2.75) is 58.9 Å². The smallest absolute Gasteiger partial charge is 0.0410 e. The molecule has 0 saturated heterocycles. The molecule has 1 fully saturated rings. The molecule has 1 aliphatic carbocycles. The Hall–Kier alpha value is -0.410. The number of halogens is 1. The highest BCUT2D eigenvalue weighted by molar-refractivity contribution is 9.10. The molecule has 0 amide bonds. The molecule has 1 heterocycles. The lowest BCUT2D eigenvalue weighted by atomic mass is 9.57. The second-order valence-corrected chi connectivity index (χ2v) is 8.82. The number of nitrogens with zero attached hydrogens (tertiary/aromatic N) is 1. The number of pyridine rings is 1. The van der Waals surface area contributed by atoms with E-state index in [4.69, 9.17) is 5.73 Å². The third-order valence-corrected chi connectivity index (χ3v) is 4.37. The van der Waals surface area contributed by atoms with Gasteiger partial charge in [-0.1, -0.05) is 27.7 Å². The van der Waals surface area contributed by atoms with Crippen LogP contribution in [0.25, 0.3) is 0 Å². The lowest BCUT2D eigenvalue weighted by molar-refractivity contribution is 0.0487. The Labute approximate surface area is 125 Å². The minimum Gasteiger partial charge on any atom is -0.325 e. The molecule has 1 aromatic heterocycles. The lowest BCUT2D eigenvalue weighted by Gasteiger charge is -2.50. The first-order valence-corrected chi connectivity index (χ1v) is 7.77. The second kappa shape index (κ2) is 4.85. The minimum absolute atomic E-state index is 0.117. The van der Waals surface area contributed by atoms with Crippen LogP contribution in [0, 0.1) is 10.8 Å². The summed E-state index contributed by atoms with van der Waals surface area (Å²) in [6.45, 7) is 9.37. The molecule has 1 aliphatic rings. The fourth-order valence-electron chi connectivity index (χ4n) is 4.47. The van der Waals surface area contributed by atoms with Crippen LogP contribution >= 0.6 is 15.9 Å². The average Bonchev–Trinajstić information content (AvgIpc) is 2.09. The van der Waals surface area contributed by atoms with Crippen molar-refractivity contribution < 1.29 is 0 Å². The van der Waals surface area contributed by atoms with Crippen LogP contribution in [-0.4, -0.2) is 10.5 Å². The molecule has 1 aromatic rings. The van der Waals surface area contributed by atoms with Gasteiger partial charge in [0.25, 0.3) is 0 Å². The molecule has 3 heteroatoms. The molecule has 2 N–H and O–H groups in total. The van der Waals surface area contributed by atoms with Gasteiger partial charge in [-0.15, -0.1) is 0 Å². The first kappa shape index (κ1) is 15.0. The van der Waals surface area contributed by atoms with Crippen LogP contribution in [0.4, 0.5) is 0 Å². The summed E-state index contributed by atoms with van der Waals surface area (Å²) in [6.07, 6.45) is 8.07. The quantitative estimate of drug-likeness (QED) is 0.879. The summed E-state index contributed by atoms with van der Waals surface area (Å²) in [6, 6.07) is 2.14. The highest BCUT2D eigenvalue weighted by atomic mass is 79.9. The van der Waals surface area contributed by atoms with E-state index >= 15 is 0 Å². The van der Waals surface area contributed by atoms with Gasteiger partial charge in [-0.3, -0.25) is 4.98 Å². The van der Waals surface area contributed by atoms with Gasteiger partial charge in [-0.2, -0.15) is 0 Å². The van der Waals surface area contributed by atoms with Crippen molar-refractivity contribution in [1.82, 2.24) is 4.98 Å². The Morgan fingerprint density at radius 1 is 1.11 bits per heavy atom. The highest BCUT2D eigenvalue weighted by Crippen LogP contribution is 2.50. The molecular formula is C16H25BrN2. The monoisotopic (exact) mass is 324 g/mol. The zero-order chi connectivity index (χ0) is 14.3. The normalized spacial score (nSPS) is 24.1. The first-order valence-electron chi connectivity index (χ1n) is 6.98. The SMILES string of the molecule is CC1(C)CC(C)(C)CC(N)(Cc2cncc(Br)c2)C1. The van der Waals surface area contributed by atoms with Crippen LogP contribution in [0.2, 0.25) is 0 Å². The number of nitrogens with two attached hydrogens (primary N) is 1. The molecule has 0 aliphatic heterocycles. The van der Waals surface area contributed by atoms with Gasteiger partial charge in [0.2, 0.25) is 0 Å². The Morgan fingerprint density at radius 2 is 1.68 bits per heavy atom. The second-order valence-electron chi connectivity index (χ2n) is 7.91. The summed E-state index contributed by atoms with van der Waals surface area (Å²) in [5.41, 5.74) is 8.49. The summed E-state index contributed by atoms with van der Waals surface area (Å²) in [4.78, 5) is 4.25. The van der Waals surface area contributed by atoms with Crippen molar-refractivity contribution in [2.24, 2.45) is 16.6 Å². The molecule has 106 valence electrons. The van der Waals surface area contributed by atoms with Crippen molar-refractivity contribution in [1.29, 1.82) is 0 Å². The fraction of sp³-hybridized carbons (Fsp3) is 0.688. The number of hydrogen-bond donors (Lipinski definition) is 1. The highest BCUT2D eigenvalue weighted by Gasteiger charge is 2.45. The number of rotatable bonds is 2. The molecule has 2 nitrogen and oxygen atoms in total. The van der Waals surface area contributed by atoms with E-state index in [0.29, 0.717) is 10.8 Å². The van der Waals surface area contributed by atoms with Crippen LogP contribution in [-0.2, 0) is 6.42 Å². The fourth-order valence-corrected chi connectivity index (χ4v) is 4.89. The zero-order valence-corrected chi connectivity index (χ0v) is 14.0. The zero-order valence-electron chi connectivity index (χ0n) is 12.5. The molecule has 19 heavy (non-hydrogen) atoms. The van der Waals surface area contributed by atoms with E-state index in [0.717, 1.165) is 23.7 Å². The number of hydrogen-bond acceptors (Lipinski definition) is 2.